The van der Waals surface area contributed by atoms with Gasteiger partial charge in [0.25, 0.3) is 0 Å². The molecular formula is C24H34N2O4. The van der Waals surface area contributed by atoms with E-state index in [1.807, 2.05) is 13.1 Å². The molecule has 0 unspecified atom stereocenters. The fourth-order valence-electron chi connectivity index (χ4n) is 8.09. The first-order valence-electron chi connectivity index (χ1n) is 11.5. The van der Waals surface area contributed by atoms with E-state index in [0.717, 1.165) is 32.2 Å². The molecule has 30 heavy (non-hydrogen) atoms. The van der Waals surface area contributed by atoms with Gasteiger partial charge in [-0.2, -0.15) is 5.10 Å². The maximum absolute atomic E-state index is 12.5. The SMILES string of the molecule is CCn1ncc2c1C=C1CC[C@@H]3[C@H]([C@@H](O)C[C@@]4(C)[C@H]3CC[C@]4(O)C(=O)CO)[C@@]1(C)C2. The number of aryl methyl sites for hydroxylation is 1. The Balaban J connectivity index is 1.54. The Labute approximate surface area is 178 Å². The van der Waals surface area contributed by atoms with E-state index in [1.54, 1.807) is 0 Å². The summed E-state index contributed by atoms with van der Waals surface area (Å²) in [5, 5.41) is 36.9. The summed E-state index contributed by atoms with van der Waals surface area (Å²) in [4.78, 5) is 12.5. The molecule has 3 N–H and O–H groups in total. The number of nitrogens with zero attached hydrogens (tertiary/aromatic N) is 2. The van der Waals surface area contributed by atoms with E-state index < -0.39 is 29.5 Å². The summed E-state index contributed by atoms with van der Waals surface area (Å²) in [5.41, 5.74) is 1.54. The Bertz CT molecular complexity index is 922. The van der Waals surface area contributed by atoms with Crippen LogP contribution >= 0.6 is 0 Å². The van der Waals surface area contributed by atoms with Crippen molar-refractivity contribution in [2.24, 2.45) is 28.6 Å². The number of aliphatic hydroxyl groups is 3. The number of allylic oxidation sites excluding steroid dienone is 1. The maximum Gasteiger partial charge on any atom is 0.190 e. The van der Waals surface area contributed by atoms with E-state index >= 15 is 0 Å². The fraction of sp³-hybridized carbons (Fsp3) is 0.750. The van der Waals surface area contributed by atoms with Gasteiger partial charge in [-0.05, 0) is 80.3 Å². The molecule has 1 heterocycles. The van der Waals surface area contributed by atoms with Crippen LogP contribution in [0.5, 0.6) is 0 Å². The van der Waals surface area contributed by atoms with Gasteiger partial charge in [-0.25, -0.2) is 0 Å². The van der Waals surface area contributed by atoms with Crippen molar-refractivity contribution in [2.75, 3.05) is 6.61 Å². The van der Waals surface area contributed by atoms with Crippen molar-refractivity contribution in [3.63, 3.8) is 0 Å². The summed E-state index contributed by atoms with van der Waals surface area (Å²) in [6, 6.07) is 0. The molecule has 0 saturated heterocycles. The van der Waals surface area contributed by atoms with Gasteiger partial charge in [0.15, 0.2) is 5.78 Å². The first-order chi connectivity index (χ1) is 14.2. The van der Waals surface area contributed by atoms with Crippen molar-refractivity contribution in [3.8, 4) is 0 Å². The smallest absolute Gasteiger partial charge is 0.190 e. The van der Waals surface area contributed by atoms with Gasteiger partial charge < -0.3 is 15.3 Å². The number of Topliss-reactive ketones (excluding diaryl/α,β-unsaturated/α-hetero) is 1. The van der Waals surface area contributed by atoms with E-state index in [1.165, 1.54) is 16.8 Å². The molecule has 7 atom stereocenters. The number of hydrogen-bond acceptors (Lipinski definition) is 5. The summed E-state index contributed by atoms with van der Waals surface area (Å²) in [6.45, 7) is 6.58. The number of aromatic nitrogens is 2. The number of carbonyl (C=O) groups excluding carboxylic acids is 1. The van der Waals surface area contributed by atoms with Crippen molar-refractivity contribution >= 4 is 11.9 Å². The van der Waals surface area contributed by atoms with Crippen molar-refractivity contribution in [1.29, 1.82) is 0 Å². The zero-order chi connectivity index (χ0) is 21.5. The molecule has 0 radical (unpaired) electrons. The quantitative estimate of drug-likeness (QED) is 0.706. The van der Waals surface area contributed by atoms with Gasteiger partial charge in [0, 0.05) is 12.0 Å². The molecule has 0 amide bonds. The molecule has 0 spiro atoms. The molecule has 6 heteroatoms. The lowest BCUT2D eigenvalue weighted by molar-refractivity contribution is -0.181. The Hall–Kier alpha value is -1.50. The van der Waals surface area contributed by atoms with Gasteiger partial charge in [-0.1, -0.05) is 19.4 Å². The normalized spacial score (nSPS) is 44.5. The zero-order valence-corrected chi connectivity index (χ0v) is 18.3. The number of aliphatic hydroxyl groups excluding tert-OH is 2. The van der Waals surface area contributed by atoms with Gasteiger partial charge in [0.2, 0.25) is 0 Å². The fourth-order valence-corrected chi connectivity index (χ4v) is 8.09. The second kappa shape index (κ2) is 6.50. The molecular weight excluding hydrogens is 380 g/mol. The maximum atomic E-state index is 12.5. The molecule has 0 bridgehead atoms. The number of hydrogen-bond donors (Lipinski definition) is 3. The highest BCUT2D eigenvalue weighted by Gasteiger charge is 2.68. The molecule has 1 aromatic heterocycles. The van der Waals surface area contributed by atoms with Crippen molar-refractivity contribution in [3.05, 3.63) is 23.0 Å². The van der Waals surface area contributed by atoms with Crippen LogP contribution in [-0.2, 0) is 17.8 Å². The largest absolute Gasteiger partial charge is 0.393 e. The van der Waals surface area contributed by atoms with E-state index in [9.17, 15) is 20.1 Å². The second-order valence-electron chi connectivity index (χ2n) is 10.6. The summed E-state index contributed by atoms with van der Waals surface area (Å²) >= 11 is 0. The average molecular weight is 415 g/mol. The van der Waals surface area contributed by atoms with Crippen LogP contribution in [0, 0.1) is 28.6 Å². The molecule has 6 nitrogen and oxygen atoms in total. The lowest BCUT2D eigenvalue weighted by Gasteiger charge is -2.60. The van der Waals surface area contributed by atoms with Gasteiger partial charge in [-0.15, -0.1) is 0 Å². The van der Waals surface area contributed by atoms with E-state index in [4.69, 9.17) is 0 Å². The minimum atomic E-state index is -1.53. The minimum absolute atomic E-state index is 0.111. The molecule has 4 aliphatic carbocycles. The van der Waals surface area contributed by atoms with Gasteiger partial charge >= 0.3 is 0 Å². The second-order valence-corrected chi connectivity index (χ2v) is 10.6. The van der Waals surface area contributed by atoms with Crippen LogP contribution in [0.4, 0.5) is 0 Å². The predicted octanol–water partition coefficient (Wildman–Crippen LogP) is 2.35. The molecule has 4 aliphatic rings. The average Bonchev–Trinajstić information content (AvgIpc) is 3.22. The summed E-state index contributed by atoms with van der Waals surface area (Å²) in [5.74, 6) is 0.0732. The molecule has 164 valence electrons. The first kappa shape index (κ1) is 20.4. The lowest BCUT2D eigenvalue weighted by atomic mass is 9.45. The predicted molar refractivity (Wildman–Crippen MR) is 112 cm³/mol. The van der Waals surface area contributed by atoms with E-state index in [2.05, 4.69) is 29.7 Å². The minimum Gasteiger partial charge on any atom is -0.393 e. The number of rotatable bonds is 3. The third kappa shape index (κ3) is 2.36. The number of carbonyl (C=O) groups is 1. The number of ketones is 1. The molecule has 1 aromatic rings. The molecule has 3 saturated carbocycles. The Morgan fingerprint density at radius 1 is 1.33 bits per heavy atom. The van der Waals surface area contributed by atoms with Gasteiger partial charge in [-0.3, -0.25) is 9.48 Å². The monoisotopic (exact) mass is 414 g/mol. The Morgan fingerprint density at radius 3 is 2.80 bits per heavy atom. The summed E-state index contributed by atoms with van der Waals surface area (Å²) in [7, 11) is 0. The highest BCUT2D eigenvalue weighted by molar-refractivity contribution is 5.89. The third-order valence-corrected chi connectivity index (χ3v) is 9.56. The number of fused-ring (bicyclic) bond motifs is 6. The van der Waals surface area contributed by atoms with Gasteiger partial charge in [0.1, 0.15) is 12.2 Å². The molecule has 0 aromatic carbocycles. The highest BCUT2D eigenvalue weighted by atomic mass is 16.3. The van der Waals surface area contributed by atoms with Crippen molar-refractivity contribution in [1.82, 2.24) is 9.78 Å². The van der Waals surface area contributed by atoms with Crippen LogP contribution in [0.15, 0.2) is 11.8 Å². The van der Waals surface area contributed by atoms with Crippen LogP contribution in [0.1, 0.15) is 64.1 Å². The topological polar surface area (TPSA) is 95.6 Å². The first-order valence-corrected chi connectivity index (χ1v) is 11.5. The van der Waals surface area contributed by atoms with Crippen LogP contribution in [0.3, 0.4) is 0 Å². The van der Waals surface area contributed by atoms with E-state index in [0.29, 0.717) is 12.8 Å². The van der Waals surface area contributed by atoms with Crippen molar-refractivity contribution < 1.29 is 20.1 Å². The van der Waals surface area contributed by atoms with Crippen LogP contribution in [-0.4, -0.2) is 49.2 Å². The van der Waals surface area contributed by atoms with Gasteiger partial charge in [0.05, 0.1) is 18.0 Å². The van der Waals surface area contributed by atoms with Crippen molar-refractivity contribution in [2.45, 2.75) is 77.5 Å². The molecule has 3 fully saturated rings. The zero-order valence-electron chi connectivity index (χ0n) is 18.3. The summed E-state index contributed by atoms with van der Waals surface area (Å²) in [6.07, 6.45) is 8.13. The Kier molecular flexibility index (Phi) is 4.42. The molecule has 0 aliphatic heterocycles. The highest BCUT2D eigenvalue weighted by Crippen LogP contribution is 2.67. The van der Waals surface area contributed by atoms with Crippen LogP contribution in [0.2, 0.25) is 0 Å². The molecule has 5 rings (SSSR count). The Morgan fingerprint density at radius 2 is 2.10 bits per heavy atom. The third-order valence-electron chi connectivity index (χ3n) is 9.56. The summed E-state index contributed by atoms with van der Waals surface area (Å²) < 4.78 is 2.06. The lowest BCUT2D eigenvalue weighted by Crippen LogP contribution is -2.62. The van der Waals surface area contributed by atoms with Crippen LogP contribution in [0.25, 0.3) is 6.08 Å². The van der Waals surface area contributed by atoms with Crippen LogP contribution < -0.4 is 0 Å². The van der Waals surface area contributed by atoms with E-state index in [-0.39, 0.29) is 23.2 Å². The standard InChI is InChI=1S/C24H34N2O4/c1-4-26-18-9-15-5-6-16-17-7-8-24(30,20(29)13-27)23(17,3)11-19(28)21(16)22(15,2)10-14(18)12-25-26/h9,12,16-17,19,21,27-28,30H,4-8,10-11,13H2,1-3H3/t16-,17-,19-,21+,22-,23-,24-/m0/s1.